The number of hydrogen-bond acceptors (Lipinski definition) is 2. The molecule has 4 heteroatoms. The van der Waals surface area contributed by atoms with Crippen LogP contribution in [0.25, 0.3) is 11.2 Å². The van der Waals surface area contributed by atoms with E-state index >= 15 is 0 Å². The van der Waals surface area contributed by atoms with Crippen LogP contribution in [0.1, 0.15) is 74.7 Å². The molecule has 0 spiro atoms. The van der Waals surface area contributed by atoms with Crippen LogP contribution in [0.5, 0.6) is 0 Å². The second kappa shape index (κ2) is 6.35. The number of fused-ring (bicyclic) bond motifs is 1. The van der Waals surface area contributed by atoms with E-state index in [0.29, 0.717) is 6.04 Å². The van der Waals surface area contributed by atoms with Crippen LogP contribution in [0.15, 0.2) is 12.3 Å². The van der Waals surface area contributed by atoms with Crippen LogP contribution in [-0.4, -0.2) is 14.5 Å². The van der Waals surface area contributed by atoms with Gasteiger partial charge in [0, 0.05) is 12.2 Å². The maximum absolute atomic E-state index is 6.40. The lowest BCUT2D eigenvalue weighted by atomic mass is 9.96. The highest BCUT2D eigenvalue weighted by Crippen LogP contribution is 2.33. The lowest BCUT2D eigenvalue weighted by Gasteiger charge is -2.24. The van der Waals surface area contributed by atoms with Gasteiger partial charge in [-0.1, -0.05) is 32.1 Å². The van der Waals surface area contributed by atoms with Crippen LogP contribution in [0.2, 0.25) is 0 Å². The van der Waals surface area contributed by atoms with E-state index in [-0.39, 0.29) is 5.38 Å². The normalized spacial score (nSPS) is 19.4. The highest BCUT2D eigenvalue weighted by molar-refractivity contribution is 6.20. The first-order chi connectivity index (χ1) is 10.2. The number of pyridine rings is 1. The Hall–Kier alpha value is -1.09. The van der Waals surface area contributed by atoms with Crippen LogP contribution < -0.4 is 0 Å². The molecule has 0 bridgehead atoms. The van der Waals surface area contributed by atoms with Crippen molar-refractivity contribution in [2.75, 3.05) is 0 Å². The van der Waals surface area contributed by atoms with Crippen LogP contribution in [-0.2, 0) is 0 Å². The minimum absolute atomic E-state index is 0.0788. The van der Waals surface area contributed by atoms with Crippen molar-refractivity contribution in [3.05, 3.63) is 23.7 Å². The summed E-state index contributed by atoms with van der Waals surface area (Å²) in [6.45, 7) is 4.07. The van der Waals surface area contributed by atoms with Gasteiger partial charge in [-0.05, 0) is 38.3 Å². The molecule has 21 heavy (non-hydrogen) atoms. The lowest BCUT2D eigenvalue weighted by molar-refractivity contribution is 0.369. The number of halogens is 1. The molecular formula is C17H24ClN3. The Morgan fingerprint density at radius 3 is 2.52 bits per heavy atom. The fraction of sp³-hybridized carbons (Fsp3) is 0.647. The molecule has 114 valence electrons. The Morgan fingerprint density at radius 2 is 1.86 bits per heavy atom. The number of alkyl halides is 1. The second-order valence-corrected chi connectivity index (χ2v) is 6.97. The van der Waals surface area contributed by atoms with E-state index < -0.39 is 0 Å². The highest BCUT2D eigenvalue weighted by atomic mass is 35.5. The summed E-state index contributed by atoms with van der Waals surface area (Å²) < 4.78 is 2.33. The van der Waals surface area contributed by atoms with Crippen molar-refractivity contribution in [2.24, 2.45) is 0 Å². The minimum atomic E-state index is -0.0788. The molecule has 1 saturated carbocycles. The molecule has 0 saturated heterocycles. The molecule has 3 rings (SSSR count). The van der Waals surface area contributed by atoms with Gasteiger partial charge in [-0.25, -0.2) is 9.97 Å². The number of aryl methyl sites for hydroxylation is 1. The number of aromatic nitrogens is 3. The summed E-state index contributed by atoms with van der Waals surface area (Å²) in [7, 11) is 0. The Bertz CT molecular complexity index is 610. The smallest absolute Gasteiger partial charge is 0.160 e. The molecule has 2 aromatic heterocycles. The third-order valence-electron chi connectivity index (χ3n) is 4.49. The maximum Gasteiger partial charge on any atom is 0.160 e. The molecule has 0 N–H and O–H groups in total. The SMILES string of the molecule is Cc1cnc2c(c1)nc(C(C)Cl)n2C1CCCCCCC1. The van der Waals surface area contributed by atoms with Crippen LogP contribution >= 0.6 is 11.6 Å². The van der Waals surface area contributed by atoms with Crippen molar-refractivity contribution in [1.82, 2.24) is 14.5 Å². The zero-order valence-electron chi connectivity index (χ0n) is 13.0. The zero-order valence-corrected chi connectivity index (χ0v) is 13.7. The summed E-state index contributed by atoms with van der Waals surface area (Å²) in [5.74, 6) is 0.982. The van der Waals surface area contributed by atoms with Gasteiger partial charge in [0.1, 0.15) is 11.3 Å². The zero-order chi connectivity index (χ0) is 14.8. The first-order valence-electron chi connectivity index (χ1n) is 8.15. The Balaban J connectivity index is 2.07. The van der Waals surface area contributed by atoms with E-state index in [9.17, 15) is 0 Å². The second-order valence-electron chi connectivity index (χ2n) is 6.31. The third kappa shape index (κ3) is 3.08. The number of rotatable bonds is 2. The van der Waals surface area contributed by atoms with Crippen LogP contribution in [0, 0.1) is 6.92 Å². The third-order valence-corrected chi connectivity index (χ3v) is 4.68. The molecule has 2 heterocycles. The topological polar surface area (TPSA) is 30.7 Å². The average Bonchev–Trinajstić information content (AvgIpc) is 2.77. The molecule has 0 radical (unpaired) electrons. The summed E-state index contributed by atoms with van der Waals surface area (Å²) in [5, 5.41) is -0.0788. The maximum atomic E-state index is 6.40. The number of hydrogen-bond donors (Lipinski definition) is 0. The predicted octanol–water partition coefficient (Wildman–Crippen LogP) is 5.32. The molecule has 0 aromatic carbocycles. The summed E-state index contributed by atoms with van der Waals surface area (Å²) in [5.41, 5.74) is 3.15. The summed E-state index contributed by atoms with van der Waals surface area (Å²) in [6, 6.07) is 2.62. The van der Waals surface area contributed by atoms with Crippen LogP contribution in [0.3, 0.4) is 0 Å². The fourth-order valence-electron chi connectivity index (χ4n) is 3.43. The highest BCUT2D eigenvalue weighted by Gasteiger charge is 2.23. The molecule has 1 aliphatic rings. The van der Waals surface area contributed by atoms with Gasteiger partial charge in [0.25, 0.3) is 0 Å². The van der Waals surface area contributed by atoms with Crippen molar-refractivity contribution in [2.45, 2.75) is 70.2 Å². The van der Waals surface area contributed by atoms with E-state index in [4.69, 9.17) is 16.6 Å². The quantitative estimate of drug-likeness (QED) is 0.702. The first kappa shape index (κ1) is 14.8. The van der Waals surface area contributed by atoms with E-state index in [0.717, 1.165) is 22.6 Å². The predicted molar refractivity (Wildman–Crippen MR) is 87.9 cm³/mol. The van der Waals surface area contributed by atoms with Gasteiger partial charge < -0.3 is 4.57 Å². The van der Waals surface area contributed by atoms with Gasteiger partial charge in [0.15, 0.2) is 5.65 Å². The molecule has 3 nitrogen and oxygen atoms in total. The molecule has 0 amide bonds. The molecule has 1 atom stereocenters. The largest absolute Gasteiger partial charge is 0.308 e. The van der Waals surface area contributed by atoms with Crippen molar-refractivity contribution in [3.8, 4) is 0 Å². The fourth-order valence-corrected chi connectivity index (χ4v) is 3.59. The lowest BCUT2D eigenvalue weighted by Crippen LogP contribution is -2.15. The first-order valence-corrected chi connectivity index (χ1v) is 8.59. The summed E-state index contributed by atoms with van der Waals surface area (Å²) in [4.78, 5) is 9.43. The van der Waals surface area contributed by atoms with Gasteiger partial charge in [-0.15, -0.1) is 11.6 Å². The average molecular weight is 306 g/mol. The molecule has 0 aliphatic heterocycles. The standard InChI is InChI=1S/C17H24ClN3/c1-12-10-15-17(19-11-12)21(16(20-15)13(2)18)14-8-6-4-3-5-7-9-14/h10-11,13-14H,3-9H2,1-2H3. The van der Waals surface area contributed by atoms with Gasteiger partial charge in [0.2, 0.25) is 0 Å². The van der Waals surface area contributed by atoms with Gasteiger partial charge in [-0.3, -0.25) is 0 Å². The number of nitrogens with zero attached hydrogens (tertiary/aromatic N) is 3. The van der Waals surface area contributed by atoms with Gasteiger partial charge in [-0.2, -0.15) is 0 Å². The summed E-state index contributed by atoms with van der Waals surface area (Å²) in [6.07, 6.45) is 11.1. The van der Waals surface area contributed by atoms with E-state index in [1.54, 1.807) is 0 Å². The van der Waals surface area contributed by atoms with Crippen molar-refractivity contribution >= 4 is 22.8 Å². The van der Waals surface area contributed by atoms with E-state index in [1.165, 1.54) is 44.9 Å². The minimum Gasteiger partial charge on any atom is -0.308 e. The monoisotopic (exact) mass is 305 g/mol. The van der Waals surface area contributed by atoms with E-state index in [1.807, 2.05) is 13.1 Å². The Morgan fingerprint density at radius 1 is 1.19 bits per heavy atom. The van der Waals surface area contributed by atoms with Gasteiger partial charge >= 0.3 is 0 Å². The Kier molecular flexibility index (Phi) is 4.48. The number of imidazole rings is 1. The Labute approximate surface area is 131 Å². The molecule has 1 fully saturated rings. The van der Waals surface area contributed by atoms with Gasteiger partial charge in [0.05, 0.1) is 5.38 Å². The van der Waals surface area contributed by atoms with Crippen LogP contribution in [0.4, 0.5) is 0 Å². The molecule has 1 unspecified atom stereocenters. The molecular weight excluding hydrogens is 282 g/mol. The molecule has 1 aliphatic carbocycles. The van der Waals surface area contributed by atoms with Crippen molar-refractivity contribution in [1.29, 1.82) is 0 Å². The summed E-state index contributed by atoms with van der Waals surface area (Å²) >= 11 is 6.40. The molecule has 2 aromatic rings. The van der Waals surface area contributed by atoms with Crippen molar-refractivity contribution < 1.29 is 0 Å². The van der Waals surface area contributed by atoms with Crippen molar-refractivity contribution in [3.63, 3.8) is 0 Å². The van der Waals surface area contributed by atoms with E-state index in [2.05, 4.69) is 22.5 Å².